The number of hydrogen-bond donors (Lipinski definition) is 1. The predicted octanol–water partition coefficient (Wildman–Crippen LogP) is 3.80. The molecule has 2 aliphatic carbocycles. The molecule has 3 unspecified atom stereocenters. The van der Waals surface area contributed by atoms with Gasteiger partial charge in [0.1, 0.15) is 0 Å². The molecule has 1 aromatic carbocycles. The van der Waals surface area contributed by atoms with Crippen molar-refractivity contribution in [1.82, 2.24) is 10.3 Å². The van der Waals surface area contributed by atoms with Gasteiger partial charge >= 0.3 is 0 Å². The molecular formula is C19H24N2. The maximum atomic E-state index is 4.86. The van der Waals surface area contributed by atoms with E-state index in [1.165, 1.54) is 30.3 Å². The molecule has 0 aliphatic heterocycles. The second kappa shape index (κ2) is 5.42. The summed E-state index contributed by atoms with van der Waals surface area (Å²) in [6.45, 7) is 3.28. The van der Waals surface area contributed by atoms with E-state index in [-0.39, 0.29) is 0 Å². The van der Waals surface area contributed by atoms with Gasteiger partial charge in [-0.2, -0.15) is 0 Å². The van der Waals surface area contributed by atoms with Crippen molar-refractivity contribution in [3.63, 3.8) is 0 Å². The molecule has 0 bridgehead atoms. The molecule has 0 amide bonds. The summed E-state index contributed by atoms with van der Waals surface area (Å²) in [5.41, 5.74) is 2.36. The Bertz CT molecular complexity index is 626. The lowest BCUT2D eigenvalue weighted by Crippen LogP contribution is -2.37. The molecule has 0 saturated heterocycles. The van der Waals surface area contributed by atoms with Gasteiger partial charge in [-0.3, -0.25) is 4.98 Å². The van der Waals surface area contributed by atoms with E-state index in [0.29, 0.717) is 6.04 Å². The van der Waals surface area contributed by atoms with Crippen molar-refractivity contribution in [1.29, 1.82) is 0 Å². The molecule has 1 aromatic heterocycles. The fourth-order valence-electron chi connectivity index (χ4n) is 4.21. The van der Waals surface area contributed by atoms with Gasteiger partial charge in [0, 0.05) is 23.5 Å². The summed E-state index contributed by atoms with van der Waals surface area (Å²) >= 11 is 0. The number of benzene rings is 1. The number of rotatable bonds is 5. The van der Waals surface area contributed by atoms with Crippen molar-refractivity contribution in [3.8, 4) is 0 Å². The zero-order valence-electron chi connectivity index (χ0n) is 12.8. The van der Waals surface area contributed by atoms with Crippen LogP contribution in [0.5, 0.6) is 0 Å². The normalized spacial score (nSPS) is 28.5. The fraction of sp³-hybridized carbons (Fsp3) is 0.526. The number of likely N-dealkylation sites (N-methyl/N-ethyl adjacent to an activating group) is 1. The van der Waals surface area contributed by atoms with Crippen molar-refractivity contribution >= 4 is 10.9 Å². The summed E-state index contributed by atoms with van der Waals surface area (Å²) in [4.78, 5) is 4.86. The molecule has 110 valence electrons. The minimum Gasteiger partial charge on any atom is -0.314 e. The fourth-order valence-corrected chi connectivity index (χ4v) is 4.21. The summed E-state index contributed by atoms with van der Waals surface area (Å²) in [5.74, 6) is 2.98. The zero-order valence-corrected chi connectivity index (χ0v) is 12.8. The standard InChI is InChI=1S/C19H24N2/c1-2-20-19(16-10-14-9-15(14)11-16)12-17-8-7-13-5-3-4-6-18(13)21-17/h3-8,14-16,19-20H,2,9-12H2,1H3. The zero-order chi connectivity index (χ0) is 14.2. The van der Waals surface area contributed by atoms with Crippen LogP contribution in [0.3, 0.4) is 0 Å². The number of aromatic nitrogens is 1. The number of nitrogens with one attached hydrogen (secondary N) is 1. The van der Waals surface area contributed by atoms with E-state index >= 15 is 0 Å². The van der Waals surface area contributed by atoms with Crippen molar-refractivity contribution in [2.75, 3.05) is 6.54 Å². The Morgan fingerprint density at radius 1 is 1.10 bits per heavy atom. The van der Waals surface area contributed by atoms with Gasteiger partial charge in [0.15, 0.2) is 0 Å². The third-order valence-corrected chi connectivity index (χ3v) is 5.40. The molecule has 4 rings (SSSR count). The highest BCUT2D eigenvalue weighted by Gasteiger charge is 2.47. The molecule has 0 radical (unpaired) electrons. The first kappa shape index (κ1) is 13.3. The third-order valence-electron chi connectivity index (χ3n) is 5.40. The van der Waals surface area contributed by atoms with Crippen LogP contribution in [-0.4, -0.2) is 17.6 Å². The van der Waals surface area contributed by atoms with E-state index in [0.717, 1.165) is 36.2 Å². The Balaban J connectivity index is 1.52. The van der Waals surface area contributed by atoms with Crippen LogP contribution in [0.15, 0.2) is 36.4 Å². The molecule has 1 N–H and O–H groups in total. The van der Waals surface area contributed by atoms with E-state index in [2.05, 4.69) is 48.6 Å². The molecule has 2 nitrogen and oxygen atoms in total. The predicted molar refractivity (Wildman–Crippen MR) is 87.2 cm³/mol. The molecule has 2 aliphatic rings. The smallest absolute Gasteiger partial charge is 0.0705 e. The van der Waals surface area contributed by atoms with Crippen LogP contribution in [0.1, 0.15) is 31.9 Å². The summed E-state index contributed by atoms with van der Waals surface area (Å²) < 4.78 is 0. The van der Waals surface area contributed by atoms with Gasteiger partial charge in [-0.25, -0.2) is 0 Å². The highest BCUT2D eigenvalue weighted by atomic mass is 14.9. The summed E-state index contributed by atoms with van der Waals surface area (Å²) in [6.07, 6.45) is 5.46. The van der Waals surface area contributed by atoms with E-state index in [1.807, 2.05) is 0 Å². The topological polar surface area (TPSA) is 24.9 Å². The first-order valence-electron chi connectivity index (χ1n) is 8.41. The second-order valence-corrected chi connectivity index (χ2v) is 6.85. The van der Waals surface area contributed by atoms with Crippen molar-refractivity contribution in [2.45, 2.75) is 38.6 Å². The Kier molecular flexibility index (Phi) is 3.42. The Morgan fingerprint density at radius 2 is 1.90 bits per heavy atom. The lowest BCUT2D eigenvalue weighted by atomic mass is 9.91. The Labute approximate surface area is 127 Å². The average molecular weight is 280 g/mol. The molecule has 1 heterocycles. The SMILES string of the molecule is CCNC(Cc1ccc2ccccc2n1)C1CC2CC2C1. The van der Waals surface area contributed by atoms with Gasteiger partial charge < -0.3 is 5.32 Å². The van der Waals surface area contributed by atoms with Crippen LogP contribution in [-0.2, 0) is 6.42 Å². The summed E-state index contributed by atoms with van der Waals surface area (Å²) in [6, 6.07) is 13.4. The number of nitrogens with zero attached hydrogens (tertiary/aromatic N) is 1. The first-order valence-corrected chi connectivity index (χ1v) is 8.41. The lowest BCUT2D eigenvalue weighted by Gasteiger charge is -2.25. The third kappa shape index (κ3) is 2.69. The molecule has 21 heavy (non-hydrogen) atoms. The number of fused-ring (bicyclic) bond motifs is 2. The van der Waals surface area contributed by atoms with Gasteiger partial charge in [0.2, 0.25) is 0 Å². The first-order chi connectivity index (χ1) is 10.3. The largest absolute Gasteiger partial charge is 0.314 e. The van der Waals surface area contributed by atoms with Crippen LogP contribution in [0.25, 0.3) is 10.9 Å². The maximum absolute atomic E-state index is 4.86. The molecule has 0 spiro atoms. The average Bonchev–Trinajstić information content (AvgIpc) is 3.13. The van der Waals surface area contributed by atoms with E-state index in [1.54, 1.807) is 0 Å². The van der Waals surface area contributed by atoms with Crippen molar-refractivity contribution in [3.05, 3.63) is 42.1 Å². The van der Waals surface area contributed by atoms with Gasteiger partial charge in [-0.15, -0.1) is 0 Å². The molecule has 2 aromatic rings. The van der Waals surface area contributed by atoms with Crippen LogP contribution < -0.4 is 5.32 Å². The summed E-state index contributed by atoms with van der Waals surface area (Å²) in [5, 5.41) is 4.96. The van der Waals surface area contributed by atoms with Crippen LogP contribution in [0, 0.1) is 17.8 Å². The van der Waals surface area contributed by atoms with Gasteiger partial charge in [0.05, 0.1) is 5.52 Å². The van der Waals surface area contributed by atoms with Crippen molar-refractivity contribution < 1.29 is 0 Å². The molecule has 2 heteroatoms. The molecule has 2 saturated carbocycles. The molecule has 2 fully saturated rings. The van der Waals surface area contributed by atoms with E-state index in [9.17, 15) is 0 Å². The van der Waals surface area contributed by atoms with Gasteiger partial charge in [0.25, 0.3) is 0 Å². The van der Waals surface area contributed by atoms with Crippen molar-refractivity contribution in [2.24, 2.45) is 17.8 Å². The Morgan fingerprint density at radius 3 is 2.71 bits per heavy atom. The monoisotopic (exact) mass is 280 g/mol. The number of pyridine rings is 1. The quantitative estimate of drug-likeness (QED) is 0.901. The van der Waals surface area contributed by atoms with Gasteiger partial charge in [-0.05, 0) is 55.7 Å². The number of para-hydroxylation sites is 1. The molecule has 3 atom stereocenters. The lowest BCUT2D eigenvalue weighted by molar-refractivity contribution is 0.335. The van der Waals surface area contributed by atoms with Crippen LogP contribution in [0.2, 0.25) is 0 Å². The van der Waals surface area contributed by atoms with E-state index in [4.69, 9.17) is 4.98 Å². The van der Waals surface area contributed by atoms with Crippen LogP contribution >= 0.6 is 0 Å². The summed E-state index contributed by atoms with van der Waals surface area (Å²) in [7, 11) is 0. The molecular weight excluding hydrogens is 256 g/mol. The van der Waals surface area contributed by atoms with Crippen LogP contribution in [0.4, 0.5) is 0 Å². The number of hydrogen-bond acceptors (Lipinski definition) is 2. The maximum Gasteiger partial charge on any atom is 0.0705 e. The highest BCUT2D eigenvalue weighted by molar-refractivity contribution is 5.78. The van der Waals surface area contributed by atoms with E-state index < -0.39 is 0 Å². The minimum atomic E-state index is 0.608. The minimum absolute atomic E-state index is 0.608. The highest BCUT2D eigenvalue weighted by Crippen LogP contribution is 2.55. The van der Waals surface area contributed by atoms with Gasteiger partial charge in [-0.1, -0.05) is 31.2 Å². The second-order valence-electron chi connectivity index (χ2n) is 6.85. The Hall–Kier alpha value is -1.41.